The Labute approximate surface area is 81.3 Å². The average Bonchev–Trinajstić information content (AvgIpc) is 2.72. The molecule has 1 saturated heterocycles. The summed E-state index contributed by atoms with van der Waals surface area (Å²) < 4.78 is 0. The molecule has 0 aromatic heterocycles. The van der Waals surface area contributed by atoms with Crippen LogP contribution < -0.4 is 5.32 Å². The molecule has 3 aliphatic rings. The lowest BCUT2D eigenvalue weighted by Crippen LogP contribution is -2.20. The van der Waals surface area contributed by atoms with Crippen molar-refractivity contribution in [3.8, 4) is 0 Å². The van der Waals surface area contributed by atoms with Crippen LogP contribution in [0, 0.1) is 17.3 Å². The lowest BCUT2D eigenvalue weighted by atomic mass is 9.82. The van der Waals surface area contributed by atoms with Gasteiger partial charge in [-0.2, -0.15) is 0 Å². The van der Waals surface area contributed by atoms with Crippen LogP contribution in [0.25, 0.3) is 0 Å². The smallest absolute Gasteiger partial charge is 0.000849 e. The molecule has 2 unspecified atom stereocenters. The molecule has 74 valence electrons. The molecular weight excluding hydrogens is 158 g/mol. The second kappa shape index (κ2) is 2.98. The van der Waals surface area contributed by atoms with Gasteiger partial charge < -0.3 is 5.32 Å². The highest BCUT2D eigenvalue weighted by atomic mass is 14.9. The Hall–Kier alpha value is -0.0400. The molecule has 0 radical (unpaired) electrons. The molecule has 2 aliphatic carbocycles. The van der Waals surface area contributed by atoms with E-state index in [1.165, 1.54) is 32.4 Å². The van der Waals surface area contributed by atoms with E-state index in [1.807, 2.05) is 0 Å². The SMILES string of the molecule is C1CCC2CC3(CCNC3)CC2C1. The summed E-state index contributed by atoms with van der Waals surface area (Å²) in [5.74, 6) is 2.24. The van der Waals surface area contributed by atoms with Gasteiger partial charge in [-0.1, -0.05) is 25.7 Å². The number of fused-ring (bicyclic) bond motifs is 1. The summed E-state index contributed by atoms with van der Waals surface area (Å²) in [4.78, 5) is 0. The molecule has 0 aromatic carbocycles. The molecule has 13 heavy (non-hydrogen) atoms. The van der Waals surface area contributed by atoms with Crippen molar-refractivity contribution in [2.24, 2.45) is 17.3 Å². The first-order valence-electron chi connectivity index (χ1n) is 6.09. The standard InChI is InChI=1S/C12H21N/c1-2-4-11-8-12(5-6-13-9-12)7-10(11)3-1/h10-11,13H,1-9H2. The first kappa shape index (κ1) is 8.28. The maximum Gasteiger partial charge on any atom is 0.000849 e. The van der Waals surface area contributed by atoms with Crippen LogP contribution in [0.2, 0.25) is 0 Å². The zero-order valence-electron chi connectivity index (χ0n) is 8.52. The first-order chi connectivity index (χ1) is 6.38. The largest absolute Gasteiger partial charge is 0.316 e. The molecule has 3 rings (SSSR count). The molecule has 1 aliphatic heterocycles. The Morgan fingerprint density at radius 3 is 2.23 bits per heavy atom. The molecule has 3 fully saturated rings. The molecule has 1 heteroatoms. The van der Waals surface area contributed by atoms with E-state index in [2.05, 4.69) is 5.32 Å². The van der Waals surface area contributed by atoms with Gasteiger partial charge in [0, 0.05) is 6.54 Å². The number of nitrogens with one attached hydrogen (secondary N) is 1. The molecule has 2 saturated carbocycles. The highest BCUT2D eigenvalue weighted by Gasteiger charge is 2.46. The van der Waals surface area contributed by atoms with Gasteiger partial charge in [-0.3, -0.25) is 0 Å². The quantitative estimate of drug-likeness (QED) is 0.602. The Bertz CT molecular complexity index is 177. The van der Waals surface area contributed by atoms with Crippen molar-refractivity contribution in [3.05, 3.63) is 0 Å². The third-order valence-electron chi connectivity index (χ3n) is 4.79. The van der Waals surface area contributed by atoms with E-state index in [0.29, 0.717) is 0 Å². The van der Waals surface area contributed by atoms with Crippen molar-refractivity contribution in [3.63, 3.8) is 0 Å². The van der Waals surface area contributed by atoms with Crippen LogP contribution in [0.3, 0.4) is 0 Å². The van der Waals surface area contributed by atoms with Crippen LogP contribution in [-0.2, 0) is 0 Å². The summed E-state index contributed by atoms with van der Waals surface area (Å²) in [5.41, 5.74) is 0.764. The van der Waals surface area contributed by atoms with E-state index in [4.69, 9.17) is 0 Å². The van der Waals surface area contributed by atoms with Crippen LogP contribution in [0.4, 0.5) is 0 Å². The van der Waals surface area contributed by atoms with Gasteiger partial charge in [0.2, 0.25) is 0 Å². The van der Waals surface area contributed by atoms with E-state index in [9.17, 15) is 0 Å². The summed E-state index contributed by atoms with van der Waals surface area (Å²) in [6.45, 7) is 2.62. The van der Waals surface area contributed by atoms with Crippen molar-refractivity contribution in [2.75, 3.05) is 13.1 Å². The second-order valence-electron chi connectivity index (χ2n) is 5.64. The highest BCUT2D eigenvalue weighted by Crippen LogP contribution is 2.53. The number of rotatable bonds is 0. The van der Waals surface area contributed by atoms with Gasteiger partial charge in [-0.25, -0.2) is 0 Å². The van der Waals surface area contributed by atoms with Gasteiger partial charge in [0.1, 0.15) is 0 Å². The molecule has 0 bridgehead atoms. The minimum absolute atomic E-state index is 0.764. The van der Waals surface area contributed by atoms with Crippen molar-refractivity contribution in [2.45, 2.75) is 44.9 Å². The maximum atomic E-state index is 3.56. The van der Waals surface area contributed by atoms with E-state index >= 15 is 0 Å². The fourth-order valence-corrected chi connectivity index (χ4v) is 4.16. The van der Waals surface area contributed by atoms with Crippen LogP contribution in [0.5, 0.6) is 0 Å². The Morgan fingerprint density at radius 2 is 1.69 bits per heavy atom. The Balaban J connectivity index is 1.74. The van der Waals surface area contributed by atoms with Gasteiger partial charge in [-0.05, 0) is 43.1 Å². The van der Waals surface area contributed by atoms with E-state index in [-0.39, 0.29) is 0 Å². The van der Waals surface area contributed by atoms with Gasteiger partial charge in [-0.15, -0.1) is 0 Å². The van der Waals surface area contributed by atoms with E-state index in [1.54, 1.807) is 25.7 Å². The molecule has 1 N–H and O–H groups in total. The topological polar surface area (TPSA) is 12.0 Å². The molecular formula is C12H21N. The van der Waals surface area contributed by atoms with Gasteiger partial charge in [0.15, 0.2) is 0 Å². The highest BCUT2D eigenvalue weighted by molar-refractivity contribution is 4.99. The molecule has 0 aromatic rings. The molecule has 0 amide bonds. The lowest BCUT2D eigenvalue weighted by Gasteiger charge is -2.24. The van der Waals surface area contributed by atoms with Gasteiger partial charge in [0.05, 0.1) is 0 Å². The van der Waals surface area contributed by atoms with Crippen molar-refractivity contribution in [1.29, 1.82) is 0 Å². The fraction of sp³-hybridized carbons (Fsp3) is 1.00. The number of hydrogen-bond donors (Lipinski definition) is 1. The molecule has 2 atom stereocenters. The van der Waals surface area contributed by atoms with Crippen molar-refractivity contribution >= 4 is 0 Å². The maximum absolute atomic E-state index is 3.56. The van der Waals surface area contributed by atoms with Gasteiger partial charge >= 0.3 is 0 Å². The van der Waals surface area contributed by atoms with Crippen molar-refractivity contribution in [1.82, 2.24) is 5.32 Å². The minimum Gasteiger partial charge on any atom is -0.316 e. The molecule has 1 spiro atoms. The lowest BCUT2D eigenvalue weighted by molar-refractivity contribution is 0.277. The summed E-state index contributed by atoms with van der Waals surface area (Å²) >= 11 is 0. The average molecular weight is 179 g/mol. The first-order valence-corrected chi connectivity index (χ1v) is 6.09. The predicted octanol–water partition coefficient (Wildman–Crippen LogP) is 2.57. The van der Waals surface area contributed by atoms with Crippen LogP contribution >= 0.6 is 0 Å². The summed E-state index contributed by atoms with van der Waals surface area (Å²) in [5, 5.41) is 3.56. The fourth-order valence-electron chi connectivity index (χ4n) is 4.16. The molecule has 1 nitrogen and oxygen atoms in total. The summed E-state index contributed by atoms with van der Waals surface area (Å²) in [7, 11) is 0. The van der Waals surface area contributed by atoms with Crippen LogP contribution in [-0.4, -0.2) is 13.1 Å². The third kappa shape index (κ3) is 1.32. The molecule has 1 heterocycles. The van der Waals surface area contributed by atoms with Gasteiger partial charge in [0.25, 0.3) is 0 Å². The Morgan fingerprint density at radius 1 is 1.00 bits per heavy atom. The number of hydrogen-bond acceptors (Lipinski definition) is 1. The van der Waals surface area contributed by atoms with Crippen LogP contribution in [0.1, 0.15) is 44.9 Å². The normalized spacial score (nSPS) is 49.8. The summed E-state index contributed by atoms with van der Waals surface area (Å²) in [6.07, 6.45) is 10.7. The minimum atomic E-state index is 0.764. The zero-order valence-corrected chi connectivity index (χ0v) is 8.52. The summed E-state index contributed by atoms with van der Waals surface area (Å²) in [6, 6.07) is 0. The Kier molecular flexibility index (Phi) is 1.90. The monoisotopic (exact) mass is 179 g/mol. The second-order valence-corrected chi connectivity index (χ2v) is 5.64. The van der Waals surface area contributed by atoms with E-state index < -0.39 is 0 Å². The van der Waals surface area contributed by atoms with E-state index in [0.717, 1.165) is 17.3 Å². The predicted molar refractivity (Wildman–Crippen MR) is 54.6 cm³/mol. The van der Waals surface area contributed by atoms with Crippen LogP contribution in [0.15, 0.2) is 0 Å². The third-order valence-corrected chi connectivity index (χ3v) is 4.79. The van der Waals surface area contributed by atoms with Crippen molar-refractivity contribution < 1.29 is 0 Å². The zero-order chi connectivity index (χ0) is 8.73.